The van der Waals surface area contributed by atoms with Gasteiger partial charge in [0.05, 0.1) is 30.5 Å². The number of aromatic nitrogens is 2. The third-order valence-electron chi connectivity index (χ3n) is 7.28. The van der Waals surface area contributed by atoms with Crippen LogP contribution in [0, 0.1) is 6.92 Å². The molecule has 1 amide bonds. The number of ether oxygens (including phenoxy) is 2. The van der Waals surface area contributed by atoms with Crippen molar-refractivity contribution in [2.75, 3.05) is 39.4 Å². The average molecular weight is 549 g/mol. The summed E-state index contributed by atoms with van der Waals surface area (Å²) in [5.41, 5.74) is 2.32. The molecule has 1 atom stereocenters. The summed E-state index contributed by atoms with van der Waals surface area (Å²) >= 11 is 0. The van der Waals surface area contributed by atoms with Crippen molar-refractivity contribution in [2.24, 2.45) is 0 Å². The molecular formula is C31H40N4O5. The number of nitrogens with zero attached hydrogens (tertiary/aromatic N) is 4. The number of likely N-dealkylation sites (tertiary alicyclic amines) is 1. The van der Waals surface area contributed by atoms with Gasteiger partial charge in [0.25, 0.3) is 11.7 Å². The molecule has 0 aliphatic carbocycles. The van der Waals surface area contributed by atoms with Gasteiger partial charge < -0.3 is 24.4 Å². The molecule has 1 aliphatic heterocycles. The van der Waals surface area contributed by atoms with E-state index >= 15 is 0 Å². The maximum Gasteiger partial charge on any atom is 0.295 e. The third kappa shape index (κ3) is 5.70. The Labute approximate surface area is 236 Å². The summed E-state index contributed by atoms with van der Waals surface area (Å²) in [7, 11) is 0. The van der Waals surface area contributed by atoms with Gasteiger partial charge in [0, 0.05) is 12.7 Å². The average Bonchev–Trinajstić information content (AvgIpc) is 3.42. The van der Waals surface area contributed by atoms with Gasteiger partial charge in [0.15, 0.2) is 17.3 Å². The van der Waals surface area contributed by atoms with E-state index in [1.165, 1.54) is 0 Å². The molecule has 0 radical (unpaired) electrons. The molecule has 4 rings (SSSR count). The van der Waals surface area contributed by atoms with Crippen LogP contribution in [0.5, 0.6) is 11.5 Å². The van der Waals surface area contributed by atoms with Gasteiger partial charge in [-0.3, -0.25) is 14.0 Å². The van der Waals surface area contributed by atoms with E-state index in [9.17, 15) is 14.7 Å². The number of fused-ring (bicyclic) bond motifs is 1. The van der Waals surface area contributed by atoms with Crippen LogP contribution in [0.1, 0.15) is 63.5 Å². The normalized spacial score (nSPS) is 16.9. The van der Waals surface area contributed by atoms with Gasteiger partial charge in [-0.2, -0.15) is 0 Å². The second-order valence-electron chi connectivity index (χ2n) is 9.84. The number of imidazole rings is 1. The van der Waals surface area contributed by atoms with Crippen molar-refractivity contribution in [3.8, 4) is 11.5 Å². The first-order valence-electron chi connectivity index (χ1n) is 14.2. The summed E-state index contributed by atoms with van der Waals surface area (Å²) in [5, 5.41) is 11.7. The van der Waals surface area contributed by atoms with Crippen molar-refractivity contribution in [2.45, 2.75) is 53.5 Å². The third-order valence-corrected chi connectivity index (χ3v) is 7.28. The topological polar surface area (TPSA) is 96.6 Å². The molecular weight excluding hydrogens is 508 g/mol. The number of amides is 1. The molecule has 1 fully saturated rings. The molecule has 40 heavy (non-hydrogen) atoms. The van der Waals surface area contributed by atoms with E-state index in [2.05, 4.69) is 23.7 Å². The number of hydrogen-bond donors (Lipinski definition) is 1. The standard InChI is InChI=1S/C31H40N4O5/c1-6-19-40-23-15-14-22(20-24(23)39-9-4)28-26(29(36)27-21(5)32-25-13-10-11-17-34(25)27)30(37)31(38)35(28)18-12-16-33(7-2)8-3/h10-11,13-15,17,20,28,36H,6-9,12,16,18-19H2,1-5H3/b29-26+. The van der Waals surface area contributed by atoms with Crippen LogP contribution in [0.2, 0.25) is 0 Å². The molecule has 1 aromatic carbocycles. The maximum atomic E-state index is 13.6. The monoisotopic (exact) mass is 548 g/mol. The highest BCUT2D eigenvalue weighted by atomic mass is 16.5. The number of pyridine rings is 1. The van der Waals surface area contributed by atoms with Gasteiger partial charge in [-0.15, -0.1) is 0 Å². The molecule has 9 nitrogen and oxygen atoms in total. The second-order valence-corrected chi connectivity index (χ2v) is 9.84. The Kier molecular flexibility index (Phi) is 9.47. The molecule has 1 saturated heterocycles. The Balaban J connectivity index is 1.85. The SMILES string of the molecule is CCCOc1ccc(C2/C(=C(\O)c3c(C)nc4ccccn34)C(=O)C(=O)N2CCCN(CC)CC)cc1OCC. The van der Waals surface area contributed by atoms with Crippen LogP contribution >= 0.6 is 0 Å². The highest BCUT2D eigenvalue weighted by molar-refractivity contribution is 6.46. The van der Waals surface area contributed by atoms with Crippen LogP contribution in [0.15, 0.2) is 48.2 Å². The van der Waals surface area contributed by atoms with E-state index in [4.69, 9.17) is 9.47 Å². The minimum absolute atomic E-state index is 0.0475. The van der Waals surface area contributed by atoms with Gasteiger partial charge in [-0.05, 0) is 76.2 Å². The number of aliphatic hydroxyl groups excluding tert-OH is 1. The van der Waals surface area contributed by atoms with E-state index in [1.807, 2.05) is 50.2 Å². The second kappa shape index (κ2) is 13.0. The first-order valence-corrected chi connectivity index (χ1v) is 14.2. The van der Waals surface area contributed by atoms with Crippen molar-refractivity contribution in [3.05, 3.63) is 65.1 Å². The minimum Gasteiger partial charge on any atom is -0.505 e. The number of carbonyl (C=O) groups excluding carboxylic acids is 2. The fraction of sp³-hybridized carbons (Fsp3) is 0.452. The van der Waals surface area contributed by atoms with Crippen LogP contribution in [0.25, 0.3) is 11.4 Å². The van der Waals surface area contributed by atoms with E-state index in [0.717, 1.165) is 26.1 Å². The number of benzene rings is 1. The number of aryl methyl sites for hydroxylation is 1. The summed E-state index contributed by atoms with van der Waals surface area (Å²) < 4.78 is 13.5. The summed E-state index contributed by atoms with van der Waals surface area (Å²) in [6.07, 6.45) is 3.32. The van der Waals surface area contributed by atoms with Crippen molar-refractivity contribution in [1.82, 2.24) is 19.2 Å². The van der Waals surface area contributed by atoms with Crippen molar-refractivity contribution < 1.29 is 24.2 Å². The molecule has 1 unspecified atom stereocenters. The summed E-state index contributed by atoms with van der Waals surface area (Å²) in [6, 6.07) is 10.2. The summed E-state index contributed by atoms with van der Waals surface area (Å²) in [4.78, 5) is 35.5. The Morgan fingerprint density at radius 1 is 1.05 bits per heavy atom. The number of carbonyl (C=O) groups is 2. The number of hydrogen-bond acceptors (Lipinski definition) is 7. The lowest BCUT2D eigenvalue weighted by Crippen LogP contribution is -2.33. The van der Waals surface area contributed by atoms with Crippen LogP contribution < -0.4 is 9.47 Å². The highest BCUT2D eigenvalue weighted by Gasteiger charge is 2.46. The van der Waals surface area contributed by atoms with E-state index in [1.54, 1.807) is 22.4 Å². The zero-order valence-corrected chi connectivity index (χ0v) is 24.1. The molecule has 3 heterocycles. The molecule has 214 valence electrons. The number of aliphatic hydroxyl groups is 1. The predicted octanol–water partition coefficient (Wildman–Crippen LogP) is 4.98. The van der Waals surface area contributed by atoms with Crippen LogP contribution in [0.4, 0.5) is 0 Å². The molecule has 9 heteroatoms. The summed E-state index contributed by atoms with van der Waals surface area (Å²) in [6.45, 7) is 13.8. The van der Waals surface area contributed by atoms with Crippen LogP contribution in [-0.4, -0.2) is 75.4 Å². The molecule has 0 bridgehead atoms. The Morgan fingerprint density at radius 3 is 2.52 bits per heavy atom. The highest BCUT2D eigenvalue weighted by Crippen LogP contribution is 2.42. The lowest BCUT2D eigenvalue weighted by molar-refractivity contribution is -0.140. The van der Waals surface area contributed by atoms with Gasteiger partial charge in [0.2, 0.25) is 0 Å². The Hall–Kier alpha value is -3.85. The lowest BCUT2D eigenvalue weighted by atomic mass is 9.95. The van der Waals surface area contributed by atoms with E-state index in [-0.39, 0.29) is 11.3 Å². The van der Waals surface area contributed by atoms with E-state index < -0.39 is 17.7 Å². The largest absolute Gasteiger partial charge is 0.505 e. The molecule has 0 spiro atoms. The number of rotatable bonds is 13. The fourth-order valence-corrected chi connectivity index (χ4v) is 5.28. The lowest BCUT2D eigenvalue weighted by Gasteiger charge is -2.27. The number of Topliss-reactive ketones (excluding diaryl/α,β-unsaturated/α-hetero) is 1. The Bertz CT molecular complexity index is 1390. The number of ketones is 1. The quantitative estimate of drug-likeness (QED) is 0.183. The van der Waals surface area contributed by atoms with Gasteiger partial charge in [0.1, 0.15) is 11.3 Å². The Morgan fingerprint density at radius 2 is 1.82 bits per heavy atom. The minimum atomic E-state index is -0.787. The van der Waals surface area contributed by atoms with Crippen molar-refractivity contribution >= 4 is 23.1 Å². The van der Waals surface area contributed by atoms with Gasteiger partial charge in [-0.25, -0.2) is 4.98 Å². The zero-order valence-electron chi connectivity index (χ0n) is 24.1. The van der Waals surface area contributed by atoms with E-state index in [0.29, 0.717) is 60.3 Å². The van der Waals surface area contributed by atoms with Gasteiger partial charge >= 0.3 is 0 Å². The van der Waals surface area contributed by atoms with Crippen molar-refractivity contribution in [3.63, 3.8) is 0 Å². The molecule has 3 aromatic rings. The molecule has 0 saturated carbocycles. The van der Waals surface area contributed by atoms with Crippen molar-refractivity contribution in [1.29, 1.82) is 0 Å². The van der Waals surface area contributed by atoms with Gasteiger partial charge in [-0.1, -0.05) is 32.9 Å². The molecule has 2 aromatic heterocycles. The zero-order chi connectivity index (χ0) is 28.8. The fourth-order valence-electron chi connectivity index (χ4n) is 5.28. The first kappa shape index (κ1) is 29.1. The molecule has 1 N–H and O–H groups in total. The molecule has 1 aliphatic rings. The maximum absolute atomic E-state index is 13.6. The smallest absolute Gasteiger partial charge is 0.295 e. The summed E-state index contributed by atoms with van der Waals surface area (Å²) in [5.74, 6) is -0.437. The first-order chi connectivity index (χ1) is 19.4. The van der Waals surface area contributed by atoms with Crippen LogP contribution in [-0.2, 0) is 9.59 Å². The predicted molar refractivity (Wildman–Crippen MR) is 155 cm³/mol. The van der Waals surface area contributed by atoms with Crippen LogP contribution in [0.3, 0.4) is 0 Å².